The molecule has 1 unspecified atom stereocenters. The number of alkyl halides is 1. The Labute approximate surface area is 102 Å². The van der Waals surface area contributed by atoms with Gasteiger partial charge < -0.3 is 10.2 Å². The van der Waals surface area contributed by atoms with E-state index in [-0.39, 0.29) is 12.8 Å². The summed E-state index contributed by atoms with van der Waals surface area (Å²) in [6.45, 7) is 0. The topological polar surface area (TPSA) is 91.7 Å². The zero-order valence-electron chi connectivity index (χ0n) is 8.30. The van der Waals surface area contributed by atoms with Crippen LogP contribution in [-0.2, 0) is 12.7 Å². The van der Waals surface area contributed by atoms with Crippen molar-refractivity contribution < 1.29 is 22.9 Å². The molecule has 2 N–H and O–H groups in total. The van der Waals surface area contributed by atoms with Gasteiger partial charge in [-0.05, 0) is 0 Å². The van der Waals surface area contributed by atoms with Gasteiger partial charge in [-0.1, -0.05) is 24.3 Å². The molecular formula is C10H11IO5. The zero-order chi connectivity index (χ0) is 12.2. The quantitative estimate of drug-likeness (QED) is 0.588. The summed E-state index contributed by atoms with van der Waals surface area (Å²) in [7, 11) is 0. The maximum absolute atomic E-state index is 11.1. The maximum Gasteiger partial charge on any atom is 0.304 e. The van der Waals surface area contributed by atoms with E-state index in [9.17, 15) is 12.7 Å². The van der Waals surface area contributed by atoms with Gasteiger partial charge in [0.15, 0.2) is 21.2 Å². The summed E-state index contributed by atoms with van der Waals surface area (Å²) in [6, 6.07) is 0. The first kappa shape index (κ1) is 13.0. The van der Waals surface area contributed by atoms with Crippen molar-refractivity contribution in [3.8, 4) is 0 Å². The van der Waals surface area contributed by atoms with Crippen LogP contribution in [0.3, 0.4) is 0 Å². The lowest BCUT2D eigenvalue weighted by Crippen LogP contribution is -2.34. The van der Waals surface area contributed by atoms with Crippen LogP contribution in [0.4, 0.5) is 0 Å². The van der Waals surface area contributed by atoms with E-state index in [4.69, 9.17) is 10.2 Å². The molecule has 0 radical (unpaired) electrons. The number of carbonyl (C=O) groups is 2. The van der Waals surface area contributed by atoms with Crippen LogP contribution in [0, 0.1) is 5.41 Å². The molecule has 0 heterocycles. The number of carboxylic acid groups (broad SMARTS) is 2. The third-order valence-corrected chi connectivity index (χ3v) is 4.63. The van der Waals surface area contributed by atoms with Crippen LogP contribution in [0.5, 0.6) is 0 Å². The molecule has 1 aliphatic carbocycles. The van der Waals surface area contributed by atoms with Gasteiger partial charge in [0.25, 0.3) is 0 Å². The van der Waals surface area contributed by atoms with Gasteiger partial charge in [-0.15, -0.1) is 0 Å². The number of carboxylic acids is 2. The molecule has 5 nitrogen and oxygen atoms in total. The van der Waals surface area contributed by atoms with Crippen LogP contribution < -0.4 is 0 Å². The summed E-state index contributed by atoms with van der Waals surface area (Å²) in [5, 5.41) is 17.6. The normalized spacial score (nSPS) is 21.9. The molecule has 0 saturated carbocycles. The Morgan fingerprint density at radius 2 is 1.75 bits per heavy atom. The minimum absolute atomic E-state index is 0.313. The molecule has 0 saturated heterocycles. The van der Waals surface area contributed by atoms with E-state index < -0.39 is 42.5 Å². The van der Waals surface area contributed by atoms with Gasteiger partial charge in [0.05, 0.1) is 16.8 Å². The first-order chi connectivity index (χ1) is 7.50. The second-order valence-corrected chi connectivity index (χ2v) is 5.46. The van der Waals surface area contributed by atoms with E-state index >= 15 is 0 Å². The van der Waals surface area contributed by atoms with Crippen molar-refractivity contribution in [1.29, 1.82) is 0 Å². The zero-order valence-corrected chi connectivity index (χ0v) is 10.5. The molecule has 88 valence electrons. The lowest BCUT2D eigenvalue weighted by molar-refractivity contribution is -0.142. The summed E-state index contributed by atoms with van der Waals surface area (Å²) in [5.41, 5.74) is -1.04. The Morgan fingerprint density at radius 1 is 1.19 bits per heavy atom. The van der Waals surface area contributed by atoms with Crippen LogP contribution in [0.15, 0.2) is 24.3 Å². The fraction of sp³-hybridized carbons (Fsp3) is 0.400. The Bertz CT molecular complexity index is 355. The van der Waals surface area contributed by atoms with Crippen LogP contribution in [0.25, 0.3) is 0 Å². The van der Waals surface area contributed by atoms with E-state index in [1.165, 1.54) is 0 Å². The van der Waals surface area contributed by atoms with E-state index in [0.29, 0.717) is 0 Å². The van der Waals surface area contributed by atoms with Crippen LogP contribution in [0.1, 0.15) is 12.8 Å². The van der Waals surface area contributed by atoms with Crippen LogP contribution >= 0.6 is 21.2 Å². The summed E-state index contributed by atoms with van der Waals surface area (Å²) < 4.78 is 10.6. The third-order valence-electron chi connectivity index (χ3n) is 2.43. The summed E-state index contributed by atoms with van der Waals surface area (Å²) >= 11 is -1.48. The molecule has 0 bridgehead atoms. The standard InChI is InChI=1S/C10H11IO5/c12-8(13)5-10(6-9(14)15)4-2-1-3-7(10)11-16/h1-4,7H,5-6H2,(H,12,13)(H,14,15). The number of rotatable bonds is 5. The molecule has 0 fully saturated rings. The van der Waals surface area contributed by atoms with Gasteiger partial charge in [-0.25, -0.2) is 0 Å². The fourth-order valence-electron chi connectivity index (χ4n) is 1.75. The molecule has 1 rings (SSSR count). The fourth-order valence-corrected chi connectivity index (χ4v) is 3.31. The summed E-state index contributed by atoms with van der Waals surface area (Å²) in [4.78, 5) is 21.5. The number of hydrogen-bond acceptors (Lipinski definition) is 3. The Morgan fingerprint density at radius 3 is 2.19 bits per heavy atom. The van der Waals surface area contributed by atoms with Crippen molar-refractivity contribution in [3.05, 3.63) is 24.3 Å². The third kappa shape index (κ3) is 2.97. The highest BCUT2D eigenvalue weighted by Gasteiger charge is 2.41. The van der Waals surface area contributed by atoms with Crippen molar-refractivity contribution in [2.45, 2.75) is 16.8 Å². The van der Waals surface area contributed by atoms with Crippen LogP contribution in [0.2, 0.25) is 0 Å². The number of halogens is 1. The van der Waals surface area contributed by atoms with Crippen molar-refractivity contribution in [2.24, 2.45) is 5.41 Å². The first-order valence-corrected chi connectivity index (χ1v) is 6.68. The Hall–Kier alpha value is -1.05. The molecule has 0 aromatic heterocycles. The average Bonchev–Trinajstić information content (AvgIpc) is 2.15. The maximum atomic E-state index is 11.1. The monoisotopic (exact) mass is 338 g/mol. The predicted octanol–water partition coefficient (Wildman–Crippen LogP) is 1.73. The second kappa shape index (κ2) is 5.33. The number of allylic oxidation sites excluding steroid dienone is 4. The molecular weight excluding hydrogens is 327 g/mol. The Kier molecular flexibility index (Phi) is 4.34. The molecule has 16 heavy (non-hydrogen) atoms. The van der Waals surface area contributed by atoms with Crippen molar-refractivity contribution in [2.75, 3.05) is 0 Å². The molecule has 0 spiro atoms. The van der Waals surface area contributed by atoms with E-state index in [1.807, 2.05) is 0 Å². The molecule has 1 atom stereocenters. The first-order valence-electron chi connectivity index (χ1n) is 4.55. The highest BCUT2D eigenvalue weighted by Crippen LogP contribution is 2.42. The summed E-state index contributed by atoms with van der Waals surface area (Å²) in [5.74, 6) is -2.16. The van der Waals surface area contributed by atoms with Crippen LogP contribution in [-0.4, -0.2) is 26.1 Å². The SMILES string of the molecule is O=IC1C=CC=CC1(CC(=O)O)CC(=O)O. The highest BCUT2D eigenvalue weighted by molar-refractivity contribution is 14.1. The largest absolute Gasteiger partial charge is 0.481 e. The van der Waals surface area contributed by atoms with E-state index in [1.54, 1.807) is 24.3 Å². The molecule has 1 aliphatic rings. The smallest absolute Gasteiger partial charge is 0.304 e. The average molecular weight is 338 g/mol. The van der Waals surface area contributed by atoms with Gasteiger partial charge in [0.2, 0.25) is 0 Å². The minimum atomic E-state index is -1.48. The minimum Gasteiger partial charge on any atom is -0.481 e. The van der Waals surface area contributed by atoms with Gasteiger partial charge >= 0.3 is 11.9 Å². The molecule has 0 aromatic rings. The van der Waals surface area contributed by atoms with Gasteiger partial charge in [-0.3, -0.25) is 12.7 Å². The number of aliphatic carboxylic acids is 2. The molecule has 0 amide bonds. The Balaban J connectivity index is 3.05. The lowest BCUT2D eigenvalue weighted by atomic mass is 9.76. The second-order valence-electron chi connectivity index (χ2n) is 3.61. The van der Waals surface area contributed by atoms with E-state index in [2.05, 4.69) is 0 Å². The number of hydrogen-bond donors (Lipinski definition) is 2. The van der Waals surface area contributed by atoms with Crippen molar-refractivity contribution in [3.63, 3.8) is 0 Å². The molecule has 0 aromatic carbocycles. The van der Waals surface area contributed by atoms with Crippen molar-refractivity contribution in [1.82, 2.24) is 0 Å². The predicted molar refractivity (Wildman–Crippen MR) is 63.7 cm³/mol. The van der Waals surface area contributed by atoms with Gasteiger partial charge in [-0.2, -0.15) is 0 Å². The molecule has 0 aliphatic heterocycles. The summed E-state index contributed by atoms with van der Waals surface area (Å²) in [6.07, 6.45) is 5.84. The lowest BCUT2D eigenvalue weighted by Gasteiger charge is -2.32. The van der Waals surface area contributed by atoms with E-state index in [0.717, 1.165) is 0 Å². The van der Waals surface area contributed by atoms with Gasteiger partial charge in [0, 0.05) is 5.41 Å². The van der Waals surface area contributed by atoms with Gasteiger partial charge in [0.1, 0.15) is 0 Å². The van der Waals surface area contributed by atoms with Crippen molar-refractivity contribution >= 4 is 33.1 Å². The highest BCUT2D eigenvalue weighted by atomic mass is 127. The molecule has 6 heteroatoms.